The zero-order valence-corrected chi connectivity index (χ0v) is 19.0. The van der Waals surface area contributed by atoms with Crippen LogP contribution in [-0.2, 0) is 0 Å². The summed E-state index contributed by atoms with van der Waals surface area (Å²) in [5.74, 6) is 0.365. The average Bonchev–Trinajstić information content (AvgIpc) is 3.24. The fourth-order valence-electron chi connectivity index (χ4n) is 3.60. The van der Waals surface area contributed by atoms with Gasteiger partial charge in [0.05, 0.1) is 27.3 Å². The molecule has 11 heteroatoms. The van der Waals surface area contributed by atoms with E-state index in [1.807, 2.05) is 18.2 Å². The van der Waals surface area contributed by atoms with Gasteiger partial charge in [0.25, 0.3) is 11.6 Å². The molecule has 2 heterocycles. The minimum atomic E-state index is -0.548. The Balaban J connectivity index is 1.28. The fourth-order valence-corrected chi connectivity index (χ4v) is 4.84. The number of non-ortho nitro benzene ring substituents is 1. The molecule has 1 saturated heterocycles. The molecule has 3 aromatic rings. The van der Waals surface area contributed by atoms with E-state index in [4.69, 9.17) is 21.3 Å². The van der Waals surface area contributed by atoms with Crippen LogP contribution >= 0.6 is 22.9 Å². The van der Waals surface area contributed by atoms with Crippen LogP contribution in [0.5, 0.6) is 5.75 Å². The lowest BCUT2D eigenvalue weighted by atomic mass is 10.2. The summed E-state index contributed by atoms with van der Waals surface area (Å²) in [5.41, 5.74) is 0.833. The molecule has 4 rings (SSSR count). The highest BCUT2D eigenvalue weighted by Crippen LogP contribution is 2.34. The Labute approximate surface area is 193 Å². The number of thiazole rings is 1. The molecule has 9 nitrogen and oxygen atoms in total. The van der Waals surface area contributed by atoms with E-state index >= 15 is 0 Å². The number of amides is 1. The molecule has 0 unspecified atom stereocenters. The number of nitro benzene ring substituents is 1. The summed E-state index contributed by atoms with van der Waals surface area (Å²) in [6, 6.07) is 9.77. The van der Waals surface area contributed by atoms with Crippen LogP contribution in [0.4, 0.5) is 10.8 Å². The monoisotopic (exact) mass is 475 g/mol. The van der Waals surface area contributed by atoms with Crippen molar-refractivity contribution in [3.8, 4) is 5.75 Å². The van der Waals surface area contributed by atoms with Gasteiger partial charge in [-0.2, -0.15) is 0 Å². The van der Waals surface area contributed by atoms with Crippen molar-refractivity contribution in [3.63, 3.8) is 0 Å². The van der Waals surface area contributed by atoms with Crippen LogP contribution in [0, 0.1) is 10.1 Å². The third-order valence-electron chi connectivity index (χ3n) is 5.35. The third kappa shape index (κ3) is 4.77. The maximum absolute atomic E-state index is 12.4. The molecule has 0 aliphatic carbocycles. The van der Waals surface area contributed by atoms with Crippen LogP contribution in [0.25, 0.3) is 10.2 Å². The Morgan fingerprint density at radius 1 is 1.28 bits per heavy atom. The van der Waals surface area contributed by atoms with E-state index in [2.05, 4.69) is 15.1 Å². The van der Waals surface area contributed by atoms with Gasteiger partial charge in [0.1, 0.15) is 11.3 Å². The first kappa shape index (κ1) is 22.3. The van der Waals surface area contributed by atoms with Crippen LogP contribution < -0.4 is 15.0 Å². The van der Waals surface area contributed by atoms with E-state index in [1.54, 1.807) is 18.4 Å². The Morgan fingerprint density at radius 2 is 2.06 bits per heavy atom. The molecule has 1 aliphatic rings. The summed E-state index contributed by atoms with van der Waals surface area (Å²) in [5, 5.41) is 14.9. The lowest BCUT2D eigenvalue weighted by Gasteiger charge is -2.34. The lowest BCUT2D eigenvalue weighted by Crippen LogP contribution is -2.48. The first-order chi connectivity index (χ1) is 15.5. The molecule has 0 radical (unpaired) electrons. The van der Waals surface area contributed by atoms with Gasteiger partial charge in [0, 0.05) is 51.4 Å². The summed E-state index contributed by atoms with van der Waals surface area (Å²) in [7, 11) is 1.65. The number of benzene rings is 2. The van der Waals surface area contributed by atoms with Crippen molar-refractivity contribution in [3.05, 3.63) is 57.1 Å². The van der Waals surface area contributed by atoms with Crippen LogP contribution in [-0.4, -0.2) is 67.1 Å². The van der Waals surface area contributed by atoms with Gasteiger partial charge < -0.3 is 15.0 Å². The number of carbonyl (C=O) groups excluding carboxylic acids is 1. The maximum atomic E-state index is 12.4. The third-order valence-corrected chi connectivity index (χ3v) is 6.76. The zero-order valence-electron chi connectivity index (χ0n) is 17.4. The molecule has 32 heavy (non-hydrogen) atoms. The van der Waals surface area contributed by atoms with E-state index in [-0.39, 0.29) is 16.3 Å². The van der Waals surface area contributed by atoms with Gasteiger partial charge in [-0.25, -0.2) is 4.98 Å². The Morgan fingerprint density at radius 3 is 2.78 bits per heavy atom. The number of rotatable bonds is 7. The molecule has 1 aromatic heterocycles. The first-order valence-electron chi connectivity index (χ1n) is 10.1. The molecule has 0 atom stereocenters. The van der Waals surface area contributed by atoms with Gasteiger partial charge in [0.2, 0.25) is 0 Å². The van der Waals surface area contributed by atoms with E-state index in [0.29, 0.717) is 13.1 Å². The topological polar surface area (TPSA) is 101 Å². The molecule has 1 fully saturated rings. The number of methoxy groups -OCH3 is 1. The summed E-state index contributed by atoms with van der Waals surface area (Å²) in [6.45, 7) is 4.48. The number of carbonyl (C=O) groups is 1. The second kappa shape index (κ2) is 9.68. The smallest absolute Gasteiger partial charge is 0.270 e. The summed E-state index contributed by atoms with van der Waals surface area (Å²) < 4.78 is 6.51. The van der Waals surface area contributed by atoms with Crippen molar-refractivity contribution in [2.24, 2.45) is 0 Å². The largest absolute Gasteiger partial charge is 0.494 e. The number of anilines is 1. The molecular formula is C21H22ClN5O4S. The molecule has 1 N–H and O–H groups in total. The quantitative estimate of drug-likeness (QED) is 0.412. The number of aromatic nitrogens is 1. The van der Waals surface area contributed by atoms with E-state index < -0.39 is 10.8 Å². The summed E-state index contributed by atoms with van der Waals surface area (Å²) >= 11 is 7.69. The Kier molecular flexibility index (Phi) is 6.73. The van der Waals surface area contributed by atoms with Crippen molar-refractivity contribution in [2.45, 2.75) is 0 Å². The average molecular weight is 476 g/mol. The van der Waals surface area contributed by atoms with Gasteiger partial charge in [-0.3, -0.25) is 19.8 Å². The fraction of sp³-hybridized carbons (Fsp3) is 0.333. The number of para-hydroxylation sites is 1. The minimum absolute atomic E-state index is 0.108. The molecular weight excluding hydrogens is 454 g/mol. The molecule has 168 valence electrons. The van der Waals surface area contributed by atoms with Gasteiger partial charge in [0.15, 0.2) is 5.13 Å². The number of halogens is 1. The molecule has 0 spiro atoms. The lowest BCUT2D eigenvalue weighted by molar-refractivity contribution is -0.384. The minimum Gasteiger partial charge on any atom is -0.494 e. The molecule has 1 aliphatic heterocycles. The van der Waals surface area contributed by atoms with E-state index in [9.17, 15) is 14.9 Å². The predicted octanol–water partition coefficient (Wildman–Crippen LogP) is 3.42. The second-order valence-electron chi connectivity index (χ2n) is 7.31. The zero-order chi connectivity index (χ0) is 22.7. The molecule has 0 saturated carbocycles. The van der Waals surface area contributed by atoms with E-state index in [1.165, 1.54) is 18.2 Å². The van der Waals surface area contributed by atoms with Gasteiger partial charge in [-0.05, 0) is 18.2 Å². The van der Waals surface area contributed by atoms with Crippen molar-refractivity contribution in [1.82, 2.24) is 15.2 Å². The Hall–Kier alpha value is -2.95. The van der Waals surface area contributed by atoms with Crippen molar-refractivity contribution in [2.75, 3.05) is 51.3 Å². The standard InChI is InChI=1S/C21H22ClN5O4S/c1-31-17-3-2-4-18-19(17)24-21(32-18)26-11-9-25(10-12-26)8-7-23-20(28)15-13-14(27(29)30)5-6-16(15)22/h2-6,13H,7-12H2,1H3,(H,23,28). The number of piperazine rings is 1. The maximum Gasteiger partial charge on any atom is 0.270 e. The SMILES string of the molecule is COc1cccc2sc(N3CCN(CCNC(=O)c4cc([N+](=O)[O-])ccc4Cl)CC3)nc12. The number of nitro groups is 1. The molecule has 2 aromatic carbocycles. The van der Waals surface area contributed by atoms with Crippen molar-refractivity contribution < 1.29 is 14.5 Å². The Bertz CT molecular complexity index is 1150. The molecule has 1 amide bonds. The highest BCUT2D eigenvalue weighted by molar-refractivity contribution is 7.22. The molecule has 0 bridgehead atoms. The number of fused-ring (bicyclic) bond motifs is 1. The van der Waals surface area contributed by atoms with Gasteiger partial charge in [-0.1, -0.05) is 29.0 Å². The van der Waals surface area contributed by atoms with Crippen molar-refractivity contribution >= 4 is 49.9 Å². The van der Waals surface area contributed by atoms with Gasteiger partial charge >= 0.3 is 0 Å². The number of ether oxygens (including phenoxy) is 1. The number of nitrogens with one attached hydrogen (secondary N) is 1. The van der Waals surface area contributed by atoms with Crippen LogP contribution in [0.3, 0.4) is 0 Å². The number of nitrogens with zero attached hydrogens (tertiary/aromatic N) is 4. The van der Waals surface area contributed by atoms with Gasteiger partial charge in [-0.15, -0.1) is 0 Å². The summed E-state index contributed by atoms with van der Waals surface area (Å²) in [6.07, 6.45) is 0. The normalized spacial score (nSPS) is 14.5. The number of hydrogen-bond acceptors (Lipinski definition) is 8. The van der Waals surface area contributed by atoms with Crippen LogP contribution in [0.1, 0.15) is 10.4 Å². The highest BCUT2D eigenvalue weighted by Gasteiger charge is 2.21. The summed E-state index contributed by atoms with van der Waals surface area (Å²) in [4.78, 5) is 32.1. The van der Waals surface area contributed by atoms with E-state index in [0.717, 1.165) is 47.3 Å². The first-order valence-corrected chi connectivity index (χ1v) is 11.3. The number of hydrogen-bond donors (Lipinski definition) is 1. The van der Waals surface area contributed by atoms with Crippen molar-refractivity contribution in [1.29, 1.82) is 0 Å². The highest BCUT2D eigenvalue weighted by atomic mass is 35.5. The second-order valence-corrected chi connectivity index (χ2v) is 8.73. The van der Waals surface area contributed by atoms with Crippen LogP contribution in [0.2, 0.25) is 5.02 Å². The van der Waals surface area contributed by atoms with Crippen LogP contribution in [0.15, 0.2) is 36.4 Å². The predicted molar refractivity (Wildman–Crippen MR) is 125 cm³/mol.